The lowest BCUT2D eigenvalue weighted by atomic mass is 9.96. The maximum absolute atomic E-state index is 12.4. The normalized spacial score (nSPS) is 16.4. The van der Waals surface area contributed by atoms with Gasteiger partial charge in [0, 0.05) is 37.3 Å². The van der Waals surface area contributed by atoms with E-state index in [4.69, 9.17) is 20.2 Å². The van der Waals surface area contributed by atoms with E-state index in [1.807, 2.05) is 24.3 Å². The molecule has 0 bridgehead atoms. The average molecular weight is 555 g/mol. The summed E-state index contributed by atoms with van der Waals surface area (Å²) in [5.41, 5.74) is 7.01. The fourth-order valence-corrected chi connectivity index (χ4v) is 5.14. The summed E-state index contributed by atoms with van der Waals surface area (Å²) >= 11 is 0. The highest BCUT2D eigenvalue weighted by atomic mass is 16.5. The van der Waals surface area contributed by atoms with Gasteiger partial charge in [0.1, 0.15) is 0 Å². The van der Waals surface area contributed by atoms with E-state index in [9.17, 15) is 4.79 Å². The van der Waals surface area contributed by atoms with Crippen LogP contribution < -0.4 is 27.0 Å². The summed E-state index contributed by atoms with van der Waals surface area (Å²) in [6.07, 6.45) is 12.2. The van der Waals surface area contributed by atoms with Crippen molar-refractivity contribution in [1.82, 2.24) is 20.3 Å². The SMILES string of the molecule is NCCOCCOCCNC(=O)c1ccc(CNc2nc(NC3CCCCC3)nc(NC3CCCCC3)n2)cc1. The maximum atomic E-state index is 12.4. The molecule has 1 aromatic heterocycles. The zero-order valence-corrected chi connectivity index (χ0v) is 23.6. The van der Waals surface area contributed by atoms with Crippen LogP contribution in [0.1, 0.15) is 80.1 Å². The minimum Gasteiger partial charge on any atom is -0.378 e. The molecule has 1 heterocycles. The molecule has 1 amide bonds. The highest BCUT2D eigenvalue weighted by Gasteiger charge is 2.18. The molecule has 0 atom stereocenters. The van der Waals surface area contributed by atoms with Crippen LogP contribution in [0.3, 0.4) is 0 Å². The molecule has 2 aliphatic carbocycles. The predicted octanol–water partition coefficient (Wildman–Crippen LogP) is 3.69. The van der Waals surface area contributed by atoms with Gasteiger partial charge < -0.3 is 36.5 Å². The van der Waals surface area contributed by atoms with Gasteiger partial charge in [-0.1, -0.05) is 50.7 Å². The molecule has 0 spiro atoms. The molecule has 11 nitrogen and oxygen atoms in total. The monoisotopic (exact) mass is 554 g/mol. The highest BCUT2D eigenvalue weighted by Crippen LogP contribution is 2.23. The fraction of sp³-hybridized carbons (Fsp3) is 0.655. The Labute approximate surface area is 237 Å². The molecule has 2 saturated carbocycles. The van der Waals surface area contributed by atoms with Gasteiger partial charge >= 0.3 is 0 Å². The summed E-state index contributed by atoms with van der Waals surface area (Å²) in [4.78, 5) is 26.5. The van der Waals surface area contributed by atoms with Crippen LogP contribution in [0.2, 0.25) is 0 Å². The number of ether oxygens (including phenoxy) is 2. The van der Waals surface area contributed by atoms with Gasteiger partial charge in [-0.2, -0.15) is 15.0 Å². The summed E-state index contributed by atoms with van der Waals surface area (Å²) in [7, 11) is 0. The van der Waals surface area contributed by atoms with Gasteiger partial charge in [0.25, 0.3) is 5.91 Å². The fourth-order valence-electron chi connectivity index (χ4n) is 5.14. The molecule has 1 aromatic carbocycles. The second-order valence-electron chi connectivity index (χ2n) is 10.6. The number of amides is 1. The second kappa shape index (κ2) is 16.9. The molecular formula is C29H46N8O3. The molecule has 0 saturated heterocycles. The van der Waals surface area contributed by atoms with E-state index in [1.165, 1.54) is 38.5 Å². The number of aromatic nitrogens is 3. The molecule has 0 radical (unpaired) electrons. The lowest BCUT2D eigenvalue weighted by Gasteiger charge is -2.25. The molecule has 4 rings (SSSR count). The molecule has 6 N–H and O–H groups in total. The van der Waals surface area contributed by atoms with Crippen molar-refractivity contribution in [3.8, 4) is 0 Å². The topological polar surface area (TPSA) is 148 Å². The standard InChI is InChI=1S/C29H46N8O3/c30-15-17-39-19-20-40-18-16-31-26(38)23-13-11-22(12-14-23)21-32-27-35-28(33-24-7-3-1-4-8-24)37-29(36-27)34-25-9-5-2-6-10-25/h11-14,24-25H,1-10,15-21,30H2,(H,31,38)(H3,32,33,34,35,36,37). The Hall–Kier alpha value is -3.02. The van der Waals surface area contributed by atoms with Crippen molar-refractivity contribution in [2.75, 3.05) is 55.5 Å². The Kier molecular flexibility index (Phi) is 12.7. The van der Waals surface area contributed by atoms with Crippen molar-refractivity contribution in [2.24, 2.45) is 5.73 Å². The second-order valence-corrected chi connectivity index (χ2v) is 10.6. The summed E-state index contributed by atoms with van der Waals surface area (Å²) in [6, 6.07) is 8.35. The van der Waals surface area contributed by atoms with Gasteiger partial charge in [-0.3, -0.25) is 4.79 Å². The van der Waals surface area contributed by atoms with Gasteiger partial charge in [0.15, 0.2) is 0 Å². The first-order valence-corrected chi connectivity index (χ1v) is 15.0. The molecule has 2 aliphatic rings. The number of nitrogens with two attached hydrogens (primary N) is 1. The Bertz CT molecular complexity index is 973. The van der Waals surface area contributed by atoms with Crippen LogP contribution in [0, 0.1) is 0 Å². The summed E-state index contributed by atoms with van der Waals surface area (Å²) in [6.45, 7) is 3.42. The number of carbonyl (C=O) groups excluding carboxylic acids is 1. The molecule has 11 heteroatoms. The van der Waals surface area contributed by atoms with Crippen LogP contribution >= 0.6 is 0 Å². The largest absolute Gasteiger partial charge is 0.378 e. The van der Waals surface area contributed by atoms with Gasteiger partial charge in [-0.05, 0) is 43.4 Å². The van der Waals surface area contributed by atoms with E-state index in [0.29, 0.717) is 81.6 Å². The highest BCUT2D eigenvalue weighted by molar-refractivity contribution is 5.94. The van der Waals surface area contributed by atoms with Crippen molar-refractivity contribution < 1.29 is 14.3 Å². The molecule has 0 unspecified atom stereocenters. The van der Waals surface area contributed by atoms with Gasteiger partial charge in [0.05, 0.1) is 26.4 Å². The van der Waals surface area contributed by atoms with Crippen LogP contribution in [0.5, 0.6) is 0 Å². The van der Waals surface area contributed by atoms with E-state index >= 15 is 0 Å². The van der Waals surface area contributed by atoms with Crippen molar-refractivity contribution in [1.29, 1.82) is 0 Å². The molecule has 220 valence electrons. The number of carbonyl (C=O) groups is 1. The smallest absolute Gasteiger partial charge is 0.251 e. The minimum atomic E-state index is -0.128. The average Bonchev–Trinajstić information content (AvgIpc) is 2.98. The van der Waals surface area contributed by atoms with E-state index < -0.39 is 0 Å². The quantitative estimate of drug-likeness (QED) is 0.195. The van der Waals surface area contributed by atoms with Crippen LogP contribution in [0.15, 0.2) is 24.3 Å². The van der Waals surface area contributed by atoms with Gasteiger partial charge in [0.2, 0.25) is 17.8 Å². The minimum absolute atomic E-state index is 0.128. The third kappa shape index (κ3) is 10.5. The Morgan fingerprint density at radius 1 is 0.750 bits per heavy atom. The molecule has 0 aliphatic heterocycles. The predicted molar refractivity (Wildman–Crippen MR) is 158 cm³/mol. The zero-order valence-electron chi connectivity index (χ0n) is 23.6. The van der Waals surface area contributed by atoms with Crippen molar-refractivity contribution in [3.63, 3.8) is 0 Å². The van der Waals surface area contributed by atoms with Crippen molar-refractivity contribution in [2.45, 2.75) is 82.8 Å². The van der Waals surface area contributed by atoms with E-state index in [2.05, 4.69) is 31.2 Å². The number of benzene rings is 1. The number of hydrogen-bond donors (Lipinski definition) is 5. The first-order valence-electron chi connectivity index (χ1n) is 15.0. The van der Waals surface area contributed by atoms with Gasteiger partial charge in [-0.25, -0.2) is 0 Å². The summed E-state index contributed by atoms with van der Waals surface area (Å²) in [5, 5.41) is 13.3. The summed E-state index contributed by atoms with van der Waals surface area (Å²) < 4.78 is 10.7. The summed E-state index contributed by atoms with van der Waals surface area (Å²) in [5.74, 6) is 1.67. The van der Waals surface area contributed by atoms with Crippen LogP contribution in [0.25, 0.3) is 0 Å². The van der Waals surface area contributed by atoms with E-state index in [0.717, 1.165) is 31.2 Å². The lowest BCUT2D eigenvalue weighted by Crippen LogP contribution is -2.27. The van der Waals surface area contributed by atoms with Gasteiger partial charge in [-0.15, -0.1) is 0 Å². The Balaban J connectivity index is 1.27. The third-order valence-corrected chi connectivity index (χ3v) is 7.35. The lowest BCUT2D eigenvalue weighted by molar-refractivity contribution is 0.0511. The van der Waals surface area contributed by atoms with E-state index in [-0.39, 0.29) is 5.91 Å². The number of anilines is 3. The number of rotatable bonds is 16. The molecule has 2 fully saturated rings. The van der Waals surface area contributed by atoms with Crippen molar-refractivity contribution >= 4 is 23.8 Å². The molecular weight excluding hydrogens is 508 g/mol. The van der Waals surface area contributed by atoms with Crippen LogP contribution in [-0.4, -0.2) is 72.5 Å². The molecule has 2 aromatic rings. The third-order valence-electron chi connectivity index (χ3n) is 7.35. The Morgan fingerprint density at radius 2 is 1.30 bits per heavy atom. The Morgan fingerprint density at radius 3 is 1.88 bits per heavy atom. The van der Waals surface area contributed by atoms with Crippen LogP contribution in [0.4, 0.5) is 17.8 Å². The van der Waals surface area contributed by atoms with E-state index in [1.54, 1.807) is 0 Å². The van der Waals surface area contributed by atoms with Crippen LogP contribution in [-0.2, 0) is 16.0 Å². The number of hydrogen-bond acceptors (Lipinski definition) is 10. The maximum Gasteiger partial charge on any atom is 0.251 e. The van der Waals surface area contributed by atoms with Crippen molar-refractivity contribution in [3.05, 3.63) is 35.4 Å². The number of nitrogens with one attached hydrogen (secondary N) is 4. The zero-order chi connectivity index (χ0) is 27.8. The number of nitrogens with zero attached hydrogens (tertiary/aromatic N) is 3. The molecule has 40 heavy (non-hydrogen) atoms. The first-order chi connectivity index (χ1) is 19.7. The first kappa shape index (κ1) is 30.0.